The zero-order valence-corrected chi connectivity index (χ0v) is 12.2. The van der Waals surface area contributed by atoms with Crippen molar-refractivity contribution in [3.05, 3.63) is 13.8 Å². The summed E-state index contributed by atoms with van der Waals surface area (Å²) in [5.74, 6) is 0.949. The van der Waals surface area contributed by atoms with Crippen molar-refractivity contribution in [2.75, 3.05) is 0 Å². The molecule has 0 aromatic rings. The SMILES string of the molecule is [CH2]CCCCCCCCCCC(CC)CC[CH2]. The molecular weight excluding hydrogens is 204 g/mol. The molecule has 0 rings (SSSR count). The van der Waals surface area contributed by atoms with Crippen LogP contribution in [0.4, 0.5) is 0 Å². The zero-order valence-electron chi connectivity index (χ0n) is 12.2. The van der Waals surface area contributed by atoms with E-state index in [0.29, 0.717) is 0 Å². The van der Waals surface area contributed by atoms with E-state index in [9.17, 15) is 0 Å². The minimum Gasteiger partial charge on any atom is -0.0651 e. The van der Waals surface area contributed by atoms with Crippen molar-refractivity contribution in [3.63, 3.8) is 0 Å². The average molecular weight is 238 g/mol. The first-order valence-electron chi connectivity index (χ1n) is 7.93. The first kappa shape index (κ1) is 17.0. The van der Waals surface area contributed by atoms with E-state index >= 15 is 0 Å². The summed E-state index contributed by atoms with van der Waals surface area (Å²) in [6.45, 7) is 10.2. The molecule has 0 aromatic heterocycles. The highest BCUT2D eigenvalue weighted by Crippen LogP contribution is 2.19. The third-order valence-corrected chi connectivity index (χ3v) is 3.80. The molecule has 0 fully saturated rings. The molecule has 0 N–H and O–H groups in total. The molecule has 0 saturated carbocycles. The minimum absolute atomic E-state index is 0.949. The smallest absolute Gasteiger partial charge is 0.0417 e. The maximum atomic E-state index is 3.96. The van der Waals surface area contributed by atoms with Crippen LogP contribution in [0.15, 0.2) is 0 Å². The van der Waals surface area contributed by atoms with Crippen molar-refractivity contribution in [3.8, 4) is 0 Å². The molecule has 0 bridgehead atoms. The molecule has 0 saturated heterocycles. The lowest BCUT2D eigenvalue weighted by molar-refractivity contribution is 0.413. The van der Waals surface area contributed by atoms with E-state index < -0.39 is 0 Å². The first-order chi connectivity index (χ1) is 8.35. The molecule has 0 nitrogen and oxygen atoms in total. The summed E-state index contributed by atoms with van der Waals surface area (Å²) in [6.07, 6.45) is 17.7. The van der Waals surface area contributed by atoms with Gasteiger partial charge in [0.25, 0.3) is 0 Å². The number of hydrogen-bond donors (Lipinski definition) is 0. The zero-order chi connectivity index (χ0) is 12.8. The Hall–Kier alpha value is 0. The lowest BCUT2D eigenvalue weighted by atomic mass is 9.94. The predicted molar refractivity (Wildman–Crippen MR) is 79.9 cm³/mol. The van der Waals surface area contributed by atoms with Gasteiger partial charge in [0.15, 0.2) is 0 Å². The van der Waals surface area contributed by atoms with Crippen LogP contribution in [0, 0.1) is 19.8 Å². The molecule has 0 aromatic carbocycles. The maximum Gasteiger partial charge on any atom is -0.0417 e. The molecule has 0 heteroatoms. The van der Waals surface area contributed by atoms with Crippen molar-refractivity contribution >= 4 is 0 Å². The molecule has 0 spiro atoms. The fourth-order valence-electron chi connectivity index (χ4n) is 2.51. The van der Waals surface area contributed by atoms with Gasteiger partial charge in [-0.3, -0.25) is 0 Å². The summed E-state index contributed by atoms with van der Waals surface area (Å²) in [6, 6.07) is 0. The van der Waals surface area contributed by atoms with E-state index in [1.165, 1.54) is 70.6 Å². The van der Waals surface area contributed by atoms with Crippen LogP contribution in [0.25, 0.3) is 0 Å². The Labute approximate surface area is 111 Å². The van der Waals surface area contributed by atoms with Gasteiger partial charge in [-0.15, -0.1) is 0 Å². The third kappa shape index (κ3) is 12.2. The summed E-state index contributed by atoms with van der Waals surface area (Å²) in [5.41, 5.74) is 0. The van der Waals surface area contributed by atoms with Crippen molar-refractivity contribution in [1.29, 1.82) is 0 Å². The Balaban J connectivity index is 3.11. The quantitative estimate of drug-likeness (QED) is 0.327. The predicted octanol–water partition coefficient (Wildman–Crippen LogP) is 6.36. The topological polar surface area (TPSA) is 0 Å². The van der Waals surface area contributed by atoms with Crippen LogP contribution in [0.2, 0.25) is 0 Å². The van der Waals surface area contributed by atoms with Crippen molar-refractivity contribution in [2.24, 2.45) is 5.92 Å². The number of unbranched alkanes of at least 4 members (excludes halogenated alkanes) is 8. The highest BCUT2D eigenvalue weighted by molar-refractivity contribution is 4.59. The molecular formula is C17H34. The largest absolute Gasteiger partial charge is 0.0651 e. The van der Waals surface area contributed by atoms with Gasteiger partial charge in [-0.2, -0.15) is 0 Å². The number of rotatable bonds is 13. The van der Waals surface area contributed by atoms with Crippen molar-refractivity contribution in [2.45, 2.75) is 90.4 Å². The Morgan fingerprint density at radius 1 is 0.647 bits per heavy atom. The monoisotopic (exact) mass is 238 g/mol. The molecule has 0 heterocycles. The van der Waals surface area contributed by atoms with Crippen LogP contribution in [-0.4, -0.2) is 0 Å². The van der Waals surface area contributed by atoms with E-state index in [2.05, 4.69) is 20.8 Å². The summed E-state index contributed by atoms with van der Waals surface area (Å²) < 4.78 is 0. The van der Waals surface area contributed by atoms with Gasteiger partial charge in [-0.25, -0.2) is 0 Å². The van der Waals surface area contributed by atoms with E-state index in [1.807, 2.05) is 0 Å². The second-order valence-corrected chi connectivity index (χ2v) is 5.39. The molecule has 2 radical (unpaired) electrons. The molecule has 0 aliphatic heterocycles. The third-order valence-electron chi connectivity index (χ3n) is 3.80. The Morgan fingerprint density at radius 2 is 1.18 bits per heavy atom. The van der Waals surface area contributed by atoms with Gasteiger partial charge in [0.05, 0.1) is 0 Å². The minimum atomic E-state index is 0.949. The van der Waals surface area contributed by atoms with Gasteiger partial charge in [0.2, 0.25) is 0 Å². The standard InChI is InChI=1S/C17H34/c1-4-7-8-9-10-11-12-13-14-16-17(6-3)15-5-2/h17H,1-2,4-16H2,3H3. The summed E-state index contributed by atoms with van der Waals surface area (Å²) >= 11 is 0. The molecule has 102 valence electrons. The summed E-state index contributed by atoms with van der Waals surface area (Å²) in [4.78, 5) is 0. The van der Waals surface area contributed by atoms with Gasteiger partial charge in [-0.1, -0.05) is 104 Å². The van der Waals surface area contributed by atoms with Crippen LogP contribution in [0.5, 0.6) is 0 Å². The maximum absolute atomic E-state index is 3.96. The van der Waals surface area contributed by atoms with Crippen LogP contribution in [-0.2, 0) is 0 Å². The van der Waals surface area contributed by atoms with Gasteiger partial charge in [0, 0.05) is 0 Å². The Morgan fingerprint density at radius 3 is 1.65 bits per heavy atom. The van der Waals surface area contributed by atoms with Gasteiger partial charge >= 0.3 is 0 Å². The van der Waals surface area contributed by atoms with Crippen LogP contribution in [0.3, 0.4) is 0 Å². The normalized spacial score (nSPS) is 12.9. The highest BCUT2D eigenvalue weighted by atomic mass is 14.1. The lowest BCUT2D eigenvalue weighted by Gasteiger charge is -2.12. The van der Waals surface area contributed by atoms with Crippen molar-refractivity contribution in [1.82, 2.24) is 0 Å². The highest BCUT2D eigenvalue weighted by Gasteiger charge is 2.03. The molecule has 1 atom stereocenters. The first-order valence-corrected chi connectivity index (χ1v) is 7.93. The van der Waals surface area contributed by atoms with Gasteiger partial charge in [0.1, 0.15) is 0 Å². The molecule has 17 heavy (non-hydrogen) atoms. The molecule has 0 aliphatic carbocycles. The molecule has 1 unspecified atom stereocenters. The van der Waals surface area contributed by atoms with E-state index in [-0.39, 0.29) is 0 Å². The Kier molecular flexibility index (Phi) is 14.1. The van der Waals surface area contributed by atoms with Crippen molar-refractivity contribution < 1.29 is 0 Å². The van der Waals surface area contributed by atoms with Gasteiger partial charge < -0.3 is 0 Å². The van der Waals surface area contributed by atoms with E-state index in [0.717, 1.165) is 18.8 Å². The van der Waals surface area contributed by atoms with E-state index in [1.54, 1.807) is 0 Å². The number of hydrogen-bond acceptors (Lipinski definition) is 0. The average Bonchev–Trinajstić information content (AvgIpc) is 2.35. The fourth-order valence-corrected chi connectivity index (χ4v) is 2.51. The Bertz CT molecular complexity index is 128. The fraction of sp³-hybridized carbons (Fsp3) is 0.882. The second-order valence-electron chi connectivity index (χ2n) is 5.39. The van der Waals surface area contributed by atoms with Gasteiger partial charge in [-0.05, 0) is 5.92 Å². The van der Waals surface area contributed by atoms with Crippen LogP contribution in [0.1, 0.15) is 90.4 Å². The van der Waals surface area contributed by atoms with Crippen LogP contribution >= 0.6 is 0 Å². The molecule has 0 aliphatic rings. The second kappa shape index (κ2) is 14.1. The summed E-state index contributed by atoms with van der Waals surface area (Å²) in [5, 5.41) is 0. The van der Waals surface area contributed by atoms with E-state index in [4.69, 9.17) is 0 Å². The van der Waals surface area contributed by atoms with Crippen LogP contribution < -0.4 is 0 Å². The summed E-state index contributed by atoms with van der Waals surface area (Å²) in [7, 11) is 0. The lowest BCUT2D eigenvalue weighted by Crippen LogP contribution is -1.98. The molecule has 0 amide bonds.